The van der Waals surface area contributed by atoms with E-state index >= 15 is 0 Å². The zero-order chi connectivity index (χ0) is 20.0. The highest BCUT2D eigenvalue weighted by atomic mass is 32.2. The highest BCUT2D eigenvalue weighted by Crippen LogP contribution is 2.19. The lowest BCUT2D eigenvalue weighted by Gasteiger charge is -2.22. The Labute approximate surface area is 161 Å². The molecule has 146 valence electrons. The lowest BCUT2D eigenvalue weighted by Crippen LogP contribution is -2.40. The molecule has 27 heavy (non-hydrogen) atoms. The number of nitrogens with one attached hydrogen (secondary N) is 1. The maximum absolute atomic E-state index is 12.9. The minimum absolute atomic E-state index is 0.0902. The number of anilines is 1. The third kappa shape index (κ3) is 5.38. The lowest BCUT2D eigenvalue weighted by molar-refractivity contribution is -0.116. The van der Waals surface area contributed by atoms with Gasteiger partial charge in [-0.3, -0.25) is 4.79 Å². The number of nitrogens with zero attached hydrogens (tertiary/aromatic N) is 1. The Morgan fingerprint density at radius 2 is 1.74 bits per heavy atom. The molecule has 6 nitrogen and oxygen atoms in total. The largest absolute Gasteiger partial charge is 0.383 e. The van der Waals surface area contributed by atoms with Crippen LogP contribution in [0, 0.1) is 20.8 Å². The van der Waals surface area contributed by atoms with Crippen LogP contribution in [0.2, 0.25) is 0 Å². The van der Waals surface area contributed by atoms with Crippen molar-refractivity contribution in [1.29, 1.82) is 0 Å². The Balaban J connectivity index is 2.21. The summed E-state index contributed by atoms with van der Waals surface area (Å²) in [5.41, 5.74) is 3.65. The molecule has 0 spiro atoms. The van der Waals surface area contributed by atoms with Gasteiger partial charge in [0.2, 0.25) is 15.9 Å². The average molecular weight is 391 g/mol. The molecule has 2 aromatic rings. The quantitative estimate of drug-likeness (QED) is 0.752. The van der Waals surface area contributed by atoms with Crippen molar-refractivity contribution in [3.8, 4) is 0 Å². The Morgan fingerprint density at radius 3 is 2.37 bits per heavy atom. The first-order valence-corrected chi connectivity index (χ1v) is 10.1. The Bertz CT molecular complexity index is 893. The van der Waals surface area contributed by atoms with Crippen LogP contribution in [0.5, 0.6) is 0 Å². The monoisotopic (exact) mass is 390 g/mol. The number of sulfonamides is 1. The zero-order valence-corrected chi connectivity index (χ0v) is 17.0. The molecular weight excluding hydrogens is 364 g/mol. The SMILES string of the molecule is COCCN(CC(=O)Nc1cccc(C)c1C)S(=O)(=O)c1ccc(C)cc1. The minimum Gasteiger partial charge on any atom is -0.383 e. The van der Waals surface area contributed by atoms with Crippen molar-refractivity contribution in [2.24, 2.45) is 0 Å². The number of aryl methyl sites for hydroxylation is 2. The van der Waals surface area contributed by atoms with Crippen molar-refractivity contribution >= 4 is 21.6 Å². The molecule has 0 bridgehead atoms. The van der Waals surface area contributed by atoms with Crippen LogP contribution in [-0.2, 0) is 19.6 Å². The molecule has 0 aliphatic carbocycles. The molecule has 0 unspecified atom stereocenters. The normalized spacial score (nSPS) is 11.6. The summed E-state index contributed by atoms with van der Waals surface area (Å²) in [7, 11) is -2.31. The van der Waals surface area contributed by atoms with Gasteiger partial charge in [-0.15, -0.1) is 0 Å². The topological polar surface area (TPSA) is 75.7 Å². The lowest BCUT2D eigenvalue weighted by atomic mass is 10.1. The molecular formula is C20H26N2O4S. The van der Waals surface area contributed by atoms with Crippen molar-refractivity contribution in [1.82, 2.24) is 4.31 Å². The molecule has 7 heteroatoms. The molecule has 0 saturated heterocycles. The van der Waals surface area contributed by atoms with E-state index in [-0.39, 0.29) is 24.6 Å². The number of hydrogen-bond donors (Lipinski definition) is 1. The Hall–Kier alpha value is -2.22. The number of rotatable bonds is 8. The van der Waals surface area contributed by atoms with Gasteiger partial charge in [0.25, 0.3) is 0 Å². The molecule has 2 rings (SSSR count). The summed E-state index contributed by atoms with van der Waals surface area (Å²) in [6, 6.07) is 12.2. The molecule has 0 saturated carbocycles. The number of carbonyl (C=O) groups is 1. The van der Waals surface area contributed by atoms with E-state index in [0.29, 0.717) is 5.69 Å². The van der Waals surface area contributed by atoms with Crippen LogP contribution in [0.15, 0.2) is 47.4 Å². The highest BCUT2D eigenvalue weighted by Gasteiger charge is 2.26. The summed E-state index contributed by atoms with van der Waals surface area (Å²) in [6.45, 7) is 5.76. The summed E-state index contributed by atoms with van der Waals surface area (Å²) in [5, 5.41) is 2.80. The van der Waals surface area contributed by atoms with Gasteiger partial charge in [-0.2, -0.15) is 4.31 Å². The summed E-state index contributed by atoms with van der Waals surface area (Å²) >= 11 is 0. The van der Waals surface area contributed by atoms with Gasteiger partial charge in [-0.05, 0) is 50.1 Å². The number of methoxy groups -OCH3 is 1. The van der Waals surface area contributed by atoms with E-state index in [1.807, 2.05) is 32.9 Å². The third-order valence-electron chi connectivity index (χ3n) is 4.40. The number of hydrogen-bond acceptors (Lipinski definition) is 4. The molecule has 0 aromatic heterocycles. The minimum atomic E-state index is -3.80. The Kier molecular flexibility index (Phi) is 7.12. The maximum atomic E-state index is 12.9. The molecule has 0 fully saturated rings. The van der Waals surface area contributed by atoms with Gasteiger partial charge in [0.1, 0.15) is 0 Å². The number of ether oxygens (including phenoxy) is 1. The van der Waals surface area contributed by atoms with E-state index in [1.165, 1.54) is 7.11 Å². The van der Waals surface area contributed by atoms with Crippen LogP contribution < -0.4 is 5.32 Å². The van der Waals surface area contributed by atoms with E-state index in [0.717, 1.165) is 21.0 Å². The van der Waals surface area contributed by atoms with Gasteiger partial charge >= 0.3 is 0 Å². The van der Waals surface area contributed by atoms with E-state index in [2.05, 4.69) is 5.32 Å². The second-order valence-electron chi connectivity index (χ2n) is 6.44. The first-order chi connectivity index (χ1) is 12.8. The fourth-order valence-corrected chi connectivity index (χ4v) is 3.95. The second-order valence-corrected chi connectivity index (χ2v) is 8.38. The van der Waals surface area contributed by atoms with Crippen LogP contribution in [0.3, 0.4) is 0 Å². The smallest absolute Gasteiger partial charge is 0.243 e. The van der Waals surface area contributed by atoms with Crippen LogP contribution in [0.1, 0.15) is 16.7 Å². The first-order valence-electron chi connectivity index (χ1n) is 8.67. The molecule has 2 aromatic carbocycles. The average Bonchev–Trinajstić information content (AvgIpc) is 2.62. The van der Waals surface area contributed by atoms with E-state index < -0.39 is 15.9 Å². The van der Waals surface area contributed by atoms with Crippen LogP contribution >= 0.6 is 0 Å². The van der Waals surface area contributed by atoms with Gasteiger partial charge in [0, 0.05) is 19.3 Å². The fourth-order valence-electron chi connectivity index (χ4n) is 2.57. The molecule has 0 radical (unpaired) electrons. The van der Waals surface area contributed by atoms with Crippen LogP contribution in [-0.4, -0.2) is 45.4 Å². The van der Waals surface area contributed by atoms with Crippen LogP contribution in [0.4, 0.5) is 5.69 Å². The fraction of sp³-hybridized carbons (Fsp3) is 0.350. The van der Waals surface area contributed by atoms with E-state index in [4.69, 9.17) is 4.74 Å². The highest BCUT2D eigenvalue weighted by molar-refractivity contribution is 7.89. The number of carbonyl (C=O) groups excluding carboxylic acids is 1. The summed E-state index contributed by atoms with van der Waals surface area (Å²) in [5.74, 6) is -0.393. The summed E-state index contributed by atoms with van der Waals surface area (Å²) in [4.78, 5) is 12.7. The van der Waals surface area contributed by atoms with Gasteiger partial charge in [-0.25, -0.2) is 8.42 Å². The summed E-state index contributed by atoms with van der Waals surface area (Å²) in [6.07, 6.45) is 0. The number of amides is 1. The Morgan fingerprint density at radius 1 is 1.07 bits per heavy atom. The van der Waals surface area contributed by atoms with Gasteiger partial charge in [0.05, 0.1) is 18.0 Å². The van der Waals surface area contributed by atoms with Crippen molar-refractivity contribution in [3.63, 3.8) is 0 Å². The predicted octanol–water partition coefficient (Wildman–Crippen LogP) is 2.89. The third-order valence-corrected chi connectivity index (χ3v) is 6.26. The first kappa shape index (κ1) is 21.1. The second kappa shape index (κ2) is 9.12. The van der Waals surface area contributed by atoms with Gasteiger partial charge < -0.3 is 10.1 Å². The van der Waals surface area contributed by atoms with E-state index in [1.54, 1.807) is 30.3 Å². The standard InChI is InChI=1S/C20H26N2O4S/c1-15-8-10-18(11-9-15)27(24,25)22(12-13-26-4)14-20(23)21-19-7-5-6-16(2)17(19)3/h5-11H,12-14H2,1-4H3,(H,21,23). The predicted molar refractivity (Wildman–Crippen MR) is 106 cm³/mol. The molecule has 0 heterocycles. The zero-order valence-electron chi connectivity index (χ0n) is 16.2. The van der Waals surface area contributed by atoms with Crippen molar-refractivity contribution in [2.75, 3.05) is 32.1 Å². The molecule has 0 aliphatic heterocycles. The molecule has 0 atom stereocenters. The van der Waals surface area contributed by atoms with Crippen LogP contribution in [0.25, 0.3) is 0 Å². The number of benzene rings is 2. The summed E-state index contributed by atoms with van der Waals surface area (Å²) < 4.78 is 32.1. The van der Waals surface area contributed by atoms with E-state index in [9.17, 15) is 13.2 Å². The van der Waals surface area contributed by atoms with Gasteiger partial charge in [-0.1, -0.05) is 29.8 Å². The molecule has 1 amide bonds. The van der Waals surface area contributed by atoms with Crippen molar-refractivity contribution in [2.45, 2.75) is 25.7 Å². The van der Waals surface area contributed by atoms with Crippen molar-refractivity contribution < 1.29 is 17.9 Å². The molecule has 0 aliphatic rings. The maximum Gasteiger partial charge on any atom is 0.243 e. The van der Waals surface area contributed by atoms with Gasteiger partial charge in [0.15, 0.2) is 0 Å². The van der Waals surface area contributed by atoms with Crippen molar-refractivity contribution in [3.05, 3.63) is 59.2 Å². The molecule has 1 N–H and O–H groups in total.